The van der Waals surface area contributed by atoms with Crippen LogP contribution >= 0.6 is 0 Å². The monoisotopic (exact) mass is 130 g/mol. The van der Waals surface area contributed by atoms with E-state index in [1.165, 1.54) is 25.7 Å². The molecule has 0 spiro atoms. The third-order valence-electron chi connectivity index (χ3n) is 1.20. The Morgan fingerprint density at radius 2 is 2.00 bits per heavy atom. The van der Waals surface area contributed by atoms with Crippen molar-refractivity contribution in [2.75, 3.05) is 6.61 Å². The largest absolute Gasteiger partial charge is 0.506 e. The van der Waals surface area contributed by atoms with Gasteiger partial charge in [-0.15, -0.1) is 0 Å². The van der Waals surface area contributed by atoms with Gasteiger partial charge in [-0.3, -0.25) is 0 Å². The fourth-order valence-electron chi connectivity index (χ4n) is 0.673. The Labute approximate surface area is 60.2 Å². The van der Waals surface area contributed by atoms with Crippen molar-refractivity contribution in [3.63, 3.8) is 0 Å². The summed E-state index contributed by atoms with van der Waals surface area (Å²) in [5.41, 5.74) is 0. The van der Waals surface area contributed by atoms with Gasteiger partial charge >= 0.3 is 16.6 Å². The summed E-state index contributed by atoms with van der Waals surface area (Å²) >= 11 is 0.907. The Morgan fingerprint density at radius 1 is 1.25 bits per heavy atom. The molecule has 0 aromatic carbocycles. The molecule has 0 aliphatic rings. The Hall–Kier alpha value is 0.492. The summed E-state index contributed by atoms with van der Waals surface area (Å²) in [5, 5.41) is 0. The molecule has 2 heteroatoms. The maximum atomic E-state index is 5.03. The molecule has 48 valence electrons. The van der Waals surface area contributed by atoms with Crippen LogP contribution in [0.5, 0.6) is 0 Å². The molecular formula is C6H15AlO. The number of rotatable bonds is 5. The molecule has 0 aromatic heterocycles. The Morgan fingerprint density at radius 3 is 2.50 bits per heavy atom. The molecule has 0 N–H and O–H groups in total. The smallest absolute Gasteiger partial charge is 0.410 e. The van der Waals surface area contributed by atoms with Gasteiger partial charge in [-0.2, -0.15) is 0 Å². The first-order valence-electron chi connectivity index (χ1n) is 3.40. The summed E-state index contributed by atoms with van der Waals surface area (Å²) in [6.45, 7) is 3.22. The molecule has 8 heavy (non-hydrogen) atoms. The van der Waals surface area contributed by atoms with Gasteiger partial charge in [-0.1, -0.05) is 26.2 Å². The molecule has 0 rings (SSSR count). The highest BCUT2D eigenvalue weighted by Crippen LogP contribution is 1.97. The van der Waals surface area contributed by atoms with E-state index in [4.69, 9.17) is 3.79 Å². The summed E-state index contributed by atoms with van der Waals surface area (Å²) < 4.78 is 5.03. The normalized spacial score (nSPS) is 9.62. The highest BCUT2D eigenvalue weighted by molar-refractivity contribution is 5.97. The third kappa shape index (κ3) is 6.49. The van der Waals surface area contributed by atoms with Crippen LogP contribution in [-0.2, 0) is 3.79 Å². The van der Waals surface area contributed by atoms with Crippen molar-refractivity contribution < 1.29 is 3.79 Å². The number of unbranched alkanes of at least 4 members (excludes halogenated alkanes) is 3. The molecule has 0 saturated heterocycles. The topological polar surface area (TPSA) is 9.23 Å². The van der Waals surface area contributed by atoms with Gasteiger partial charge in [0.25, 0.3) is 0 Å². The van der Waals surface area contributed by atoms with Gasteiger partial charge in [0, 0.05) is 6.61 Å². The summed E-state index contributed by atoms with van der Waals surface area (Å²) in [7, 11) is 0. The second-order valence-corrected chi connectivity index (χ2v) is 2.63. The zero-order valence-electron chi connectivity index (χ0n) is 5.94. The fraction of sp³-hybridized carbons (Fsp3) is 1.00. The lowest BCUT2D eigenvalue weighted by molar-refractivity contribution is 0.334. The van der Waals surface area contributed by atoms with E-state index in [1.54, 1.807) is 0 Å². The molecule has 0 aromatic rings. The minimum atomic E-state index is 0.907. The first kappa shape index (κ1) is 8.49. The maximum Gasteiger partial charge on any atom is 0.410 e. The van der Waals surface area contributed by atoms with E-state index in [-0.39, 0.29) is 0 Å². The molecule has 0 saturated carbocycles. The second kappa shape index (κ2) is 7.49. The van der Waals surface area contributed by atoms with Crippen molar-refractivity contribution in [3.05, 3.63) is 0 Å². The highest BCUT2D eigenvalue weighted by atomic mass is 27.1. The van der Waals surface area contributed by atoms with E-state index in [1.807, 2.05) is 0 Å². The van der Waals surface area contributed by atoms with Crippen molar-refractivity contribution in [1.29, 1.82) is 0 Å². The molecule has 0 radical (unpaired) electrons. The fourth-order valence-corrected chi connectivity index (χ4v) is 0.962. The summed E-state index contributed by atoms with van der Waals surface area (Å²) in [5.74, 6) is 0. The first-order valence-corrected chi connectivity index (χ1v) is 4.22. The molecule has 0 amide bonds. The van der Waals surface area contributed by atoms with Crippen molar-refractivity contribution >= 4 is 16.6 Å². The zero-order valence-corrected chi connectivity index (χ0v) is 7.94. The number of hydrogen-bond acceptors (Lipinski definition) is 1. The average Bonchev–Trinajstić information content (AvgIpc) is 1.81. The minimum Gasteiger partial charge on any atom is -0.506 e. The third-order valence-corrected chi connectivity index (χ3v) is 1.61. The molecule has 0 aliphatic carbocycles. The molecule has 0 bridgehead atoms. The standard InChI is InChI=1S/C6H13O.Al.2H/c1-2-3-4-5-6-7;;;/h2-6H2,1H3;;;/q-1;+1;;. The predicted molar refractivity (Wildman–Crippen MR) is 38.6 cm³/mol. The van der Waals surface area contributed by atoms with Crippen molar-refractivity contribution in [3.8, 4) is 0 Å². The Bertz CT molecular complexity index is 33.5. The van der Waals surface area contributed by atoms with E-state index in [2.05, 4.69) is 6.92 Å². The quantitative estimate of drug-likeness (QED) is 0.400. The predicted octanol–water partition coefficient (Wildman–Crippen LogP) is 1.13. The van der Waals surface area contributed by atoms with E-state index >= 15 is 0 Å². The number of hydrogen-bond donors (Lipinski definition) is 0. The van der Waals surface area contributed by atoms with Crippen LogP contribution in [-0.4, -0.2) is 23.2 Å². The summed E-state index contributed by atoms with van der Waals surface area (Å²) in [6, 6.07) is 0. The van der Waals surface area contributed by atoms with Crippen LogP contribution in [0.3, 0.4) is 0 Å². The zero-order chi connectivity index (χ0) is 6.24. The molecule has 0 heterocycles. The van der Waals surface area contributed by atoms with E-state index in [0.29, 0.717) is 0 Å². The van der Waals surface area contributed by atoms with Crippen LogP contribution in [0.15, 0.2) is 0 Å². The van der Waals surface area contributed by atoms with Gasteiger partial charge in [0.15, 0.2) is 0 Å². The second-order valence-electron chi connectivity index (χ2n) is 2.05. The molecule has 0 atom stereocenters. The summed E-state index contributed by atoms with van der Waals surface area (Å²) in [6.07, 6.45) is 5.29. The van der Waals surface area contributed by atoms with Gasteiger partial charge in [0.05, 0.1) is 0 Å². The van der Waals surface area contributed by atoms with Gasteiger partial charge < -0.3 is 3.79 Å². The highest BCUT2D eigenvalue weighted by Gasteiger charge is 1.82. The summed E-state index contributed by atoms with van der Waals surface area (Å²) in [4.78, 5) is 0. The lowest BCUT2D eigenvalue weighted by Crippen LogP contribution is -1.88. The van der Waals surface area contributed by atoms with E-state index in [0.717, 1.165) is 23.2 Å². The first-order chi connectivity index (χ1) is 3.91. The molecular weight excluding hydrogens is 115 g/mol. The van der Waals surface area contributed by atoms with Crippen LogP contribution in [0, 0.1) is 0 Å². The molecule has 1 nitrogen and oxygen atoms in total. The molecule has 0 unspecified atom stereocenters. The van der Waals surface area contributed by atoms with Crippen LogP contribution in [0.2, 0.25) is 0 Å². The van der Waals surface area contributed by atoms with Gasteiger partial charge in [-0.25, -0.2) is 0 Å². The molecule has 0 aliphatic heterocycles. The lowest BCUT2D eigenvalue weighted by atomic mass is 10.2. The van der Waals surface area contributed by atoms with Gasteiger partial charge in [0.2, 0.25) is 0 Å². The Kier molecular flexibility index (Phi) is 7.95. The molecule has 0 fully saturated rings. The van der Waals surface area contributed by atoms with Crippen LogP contribution in [0.25, 0.3) is 0 Å². The van der Waals surface area contributed by atoms with E-state index < -0.39 is 0 Å². The minimum absolute atomic E-state index is 0.907. The van der Waals surface area contributed by atoms with Gasteiger partial charge in [-0.05, 0) is 6.42 Å². The van der Waals surface area contributed by atoms with Crippen LogP contribution in [0.4, 0.5) is 0 Å². The maximum absolute atomic E-state index is 5.03. The lowest BCUT2D eigenvalue weighted by Gasteiger charge is -1.96. The van der Waals surface area contributed by atoms with Crippen LogP contribution in [0.1, 0.15) is 32.6 Å². The van der Waals surface area contributed by atoms with Crippen molar-refractivity contribution in [1.82, 2.24) is 0 Å². The van der Waals surface area contributed by atoms with E-state index in [9.17, 15) is 0 Å². The average molecular weight is 130 g/mol. The van der Waals surface area contributed by atoms with Crippen molar-refractivity contribution in [2.24, 2.45) is 0 Å². The van der Waals surface area contributed by atoms with Gasteiger partial charge in [0.1, 0.15) is 0 Å². The van der Waals surface area contributed by atoms with Crippen molar-refractivity contribution in [2.45, 2.75) is 32.6 Å². The Balaban J connectivity index is 2.53. The van der Waals surface area contributed by atoms with Crippen LogP contribution < -0.4 is 0 Å². The SMILES string of the molecule is CCCCCC[O][AlH2].